The van der Waals surface area contributed by atoms with Gasteiger partial charge < -0.3 is 20.6 Å². The first-order valence-corrected chi connectivity index (χ1v) is 14.6. The van der Waals surface area contributed by atoms with Gasteiger partial charge in [0.2, 0.25) is 0 Å². The molecule has 43 heavy (non-hydrogen) atoms. The van der Waals surface area contributed by atoms with Crippen molar-refractivity contribution in [2.75, 3.05) is 13.1 Å². The van der Waals surface area contributed by atoms with Crippen molar-refractivity contribution >= 4 is 11.8 Å². The normalized spacial score (nSPS) is 17.0. The fourth-order valence-corrected chi connectivity index (χ4v) is 5.64. The molecule has 0 aromatic heterocycles. The van der Waals surface area contributed by atoms with E-state index in [9.17, 15) is 27.9 Å². The van der Waals surface area contributed by atoms with Gasteiger partial charge in [0.05, 0.1) is 17.7 Å². The molecule has 9 heteroatoms. The fraction of sp³-hybridized carbons (Fsp3) is 0.412. The predicted molar refractivity (Wildman–Crippen MR) is 161 cm³/mol. The number of nitrogens with one attached hydrogen (secondary N) is 2. The summed E-state index contributed by atoms with van der Waals surface area (Å²) >= 11 is 0. The van der Waals surface area contributed by atoms with Gasteiger partial charge in [-0.05, 0) is 60.1 Å². The average molecular weight is 596 g/mol. The van der Waals surface area contributed by atoms with Crippen LogP contribution in [0.25, 0.3) is 0 Å². The smallest absolute Gasteiger partial charge is 0.390 e. The Balaban J connectivity index is 1.45. The van der Waals surface area contributed by atoms with E-state index in [1.807, 2.05) is 35.2 Å². The Morgan fingerprint density at radius 1 is 0.930 bits per heavy atom. The first-order chi connectivity index (χ1) is 20.3. The Kier molecular flexibility index (Phi) is 10.3. The van der Waals surface area contributed by atoms with Crippen LogP contribution in [0.4, 0.5) is 13.2 Å². The summed E-state index contributed by atoms with van der Waals surface area (Å²) in [7, 11) is 0. The van der Waals surface area contributed by atoms with Crippen LogP contribution in [-0.4, -0.2) is 53.1 Å². The molecule has 1 aliphatic heterocycles. The lowest BCUT2D eigenvalue weighted by atomic mass is 9.85. The molecule has 1 fully saturated rings. The number of amides is 2. The fourth-order valence-electron chi connectivity index (χ4n) is 5.64. The van der Waals surface area contributed by atoms with Gasteiger partial charge in [-0.15, -0.1) is 0 Å². The van der Waals surface area contributed by atoms with Crippen LogP contribution in [0, 0.1) is 5.41 Å². The van der Waals surface area contributed by atoms with Gasteiger partial charge in [-0.25, -0.2) is 0 Å². The van der Waals surface area contributed by atoms with Crippen LogP contribution >= 0.6 is 0 Å². The van der Waals surface area contributed by atoms with Crippen molar-refractivity contribution < 1.29 is 27.9 Å². The number of carbonyl (C=O) groups excluding carboxylic acids is 2. The van der Waals surface area contributed by atoms with Crippen LogP contribution < -0.4 is 10.6 Å². The van der Waals surface area contributed by atoms with Crippen LogP contribution in [0.15, 0.2) is 78.9 Å². The number of hydrogen-bond donors (Lipinski definition) is 3. The van der Waals surface area contributed by atoms with Gasteiger partial charge in [-0.3, -0.25) is 9.59 Å². The van der Waals surface area contributed by atoms with Crippen molar-refractivity contribution in [3.8, 4) is 0 Å². The monoisotopic (exact) mass is 595 g/mol. The van der Waals surface area contributed by atoms with E-state index in [1.54, 1.807) is 30.3 Å². The summed E-state index contributed by atoms with van der Waals surface area (Å²) in [5.41, 5.74) is 1.28. The van der Waals surface area contributed by atoms with Crippen molar-refractivity contribution in [1.82, 2.24) is 15.5 Å². The number of likely N-dealkylation sites (tertiary alicyclic amines) is 1. The second-order valence-corrected chi connectivity index (χ2v) is 12.3. The summed E-state index contributed by atoms with van der Waals surface area (Å²) in [6.07, 6.45) is -3.27. The molecule has 230 valence electrons. The van der Waals surface area contributed by atoms with Crippen molar-refractivity contribution in [2.45, 2.75) is 70.9 Å². The van der Waals surface area contributed by atoms with Crippen LogP contribution in [0.1, 0.15) is 71.0 Å². The third-order valence-corrected chi connectivity index (χ3v) is 7.90. The van der Waals surface area contributed by atoms with Crippen molar-refractivity contribution in [3.05, 3.63) is 107 Å². The van der Waals surface area contributed by atoms with Gasteiger partial charge in [0.25, 0.3) is 11.8 Å². The number of halogens is 3. The van der Waals surface area contributed by atoms with E-state index in [2.05, 4.69) is 31.4 Å². The quantitative estimate of drug-likeness (QED) is 0.275. The van der Waals surface area contributed by atoms with E-state index in [0.717, 1.165) is 30.5 Å². The summed E-state index contributed by atoms with van der Waals surface area (Å²) in [5.74, 6) is -0.534. The average Bonchev–Trinajstić information content (AvgIpc) is 3.48. The molecule has 6 nitrogen and oxygen atoms in total. The van der Waals surface area contributed by atoms with Crippen molar-refractivity contribution in [1.29, 1.82) is 0 Å². The number of rotatable bonds is 10. The third kappa shape index (κ3) is 8.67. The number of nitrogens with zero attached hydrogens (tertiary/aromatic N) is 1. The molecule has 1 aliphatic rings. The summed E-state index contributed by atoms with van der Waals surface area (Å²) in [5, 5.41) is 17.0. The second kappa shape index (κ2) is 13.7. The molecular weight excluding hydrogens is 555 g/mol. The van der Waals surface area contributed by atoms with Crippen molar-refractivity contribution in [3.63, 3.8) is 0 Å². The highest BCUT2D eigenvalue weighted by molar-refractivity contribution is 6.00. The van der Waals surface area contributed by atoms with Gasteiger partial charge in [-0.2, -0.15) is 13.2 Å². The minimum atomic E-state index is -4.44. The number of benzene rings is 3. The van der Waals surface area contributed by atoms with Crippen LogP contribution in [0.5, 0.6) is 0 Å². The maximum absolute atomic E-state index is 13.4. The number of carbonyl (C=O) groups is 2. The largest absolute Gasteiger partial charge is 0.416 e. The SMILES string of the molecule is CC(C)(C)C1CCCN1C(=O)c1cccc(C(=O)N[C@@H](Cc2ccccc2)[C@H](O)CNCc2cccc(C(F)(F)F)c2)c1. The van der Waals surface area contributed by atoms with E-state index in [0.29, 0.717) is 29.7 Å². The molecule has 0 radical (unpaired) electrons. The maximum atomic E-state index is 13.4. The second-order valence-electron chi connectivity index (χ2n) is 12.3. The molecule has 1 saturated heterocycles. The topological polar surface area (TPSA) is 81.7 Å². The van der Waals surface area contributed by atoms with Crippen LogP contribution in [0.2, 0.25) is 0 Å². The Hall–Kier alpha value is -3.69. The van der Waals surface area contributed by atoms with E-state index in [1.165, 1.54) is 6.07 Å². The number of alkyl halides is 3. The number of aliphatic hydroxyl groups is 1. The highest BCUT2D eigenvalue weighted by Gasteiger charge is 2.37. The van der Waals surface area contributed by atoms with Gasteiger partial charge in [0.15, 0.2) is 0 Å². The number of hydrogen-bond acceptors (Lipinski definition) is 4. The molecule has 0 aliphatic carbocycles. The molecule has 0 saturated carbocycles. The molecule has 3 aromatic carbocycles. The van der Waals surface area contributed by atoms with Gasteiger partial charge in [-0.1, -0.05) is 75.4 Å². The summed E-state index contributed by atoms with van der Waals surface area (Å²) in [4.78, 5) is 28.8. The van der Waals surface area contributed by atoms with Gasteiger partial charge in [0, 0.05) is 36.8 Å². The van der Waals surface area contributed by atoms with Gasteiger partial charge in [0.1, 0.15) is 0 Å². The maximum Gasteiger partial charge on any atom is 0.416 e. The first kappa shape index (κ1) is 32.2. The Labute approximate surface area is 251 Å². The number of aliphatic hydroxyl groups excluding tert-OH is 1. The minimum absolute atomic E-state index is 0.0374. The molecule has 0 spiro atoms. The molecule has 4 rings (SSSR count). The first-order valence-electron chi connectivity index (χ1n) is 14.6. The van der Waals surface area contributed by atoms with Gasteiger partial charge >= 0.3 is 6.18 Å². The highest BCUT2D eigenvalue weighted by Crippen LogP contribution is 2.34. The zero-order valence-electron chi connectivity index (χ0n) is 24.8. The lowest BCUT2D eigenvalue weighted by Crippen LogP contribution is -2.48. The molecule has 2 amide bonds. The Morgan fingerprint density at radius 2 is 1.60 bits per heavy atom. The molecule has 3 atom stereocenters. The highest BCUT2D eigenvalue weighted by atomic mass is 19.4. The van der Waals surface area contributed by atoms with E-state index in [4.69, 9.17) is 0 Å². The zero-order valence-corrected chi connectivity index (χ0v) is 24.8. The summed E-state index contributed by atoms with van der Waals surface area (Å²) in [6, 6.07) is 20.4. The summed E-state index contributed by atoms with van der Waals surface area (Å²) < 4.78 is 39.2. The minimum Gasteiger partial charge on any atom is -0.390 e. The van der Waals surface area contributed by atoms with E-state index < -0.39 is 29.8 Å². The standard InChI is InChI=1S/C34H40F3N3O3/c1-33(2,3)30-16-9-17-40(30)32(43)26-14-8-13-25(20-26)31(42)39-28(19-23-10-5-4-6-11-23)29(41)22-38-21-24-12-7-15-27(18-24)34(35,36)37/h4-8,10-15,18,20,28-30,38,41H,9,16-17,19,21-22H2,1-3H3,(H,39,42)/t28-,29+,30?/m0/s1. The summed E-state index contributed by atoms with van der Waals surface area (Å²) in [6.45, 7) is 7.20. The van der Waals surface area contributed by atoms with Crippen LogP contribution in [0.3, 0.4) is 0 Å². The molecule has 3 aromatic rings. The van der Waals surface area contributed by atoms with Crippen LogP contribution in [-0.2, 0) is 19.1 Å². The molecule has 1 unspecified atom stereocenters. The zero-order chi connectivity index (χ0) is 31.2. The molecule has 1 heterocycles. The predicted octanol–water partition coefficient (Wildman–Crippen LogP) is 5.85. The Morgan fingerprint density at radius 3 is 2.30 bits per heavy atom. The van der Waals surface area contributed by atoms with E-state index >= 15 is 0 Å². The van der Waals surface area contributed by atoms with E-state index in [-0.39, 0.29) is 30.5 Å². The Bertz CT molecular complexity index is 1390. The molecule has 0 bridgehead atoms. The lowest BCUT2D eigenvalue weighted by Gasteiger charge is -2.35. The lowest BCUT2D eigenvalue weighted by molar-refractivity contribution is -0.137. The third-order valence-electron chi connectivity index (χ3n) is 7.90. The molecule has 3 N–H and O–H groups in total. The molecular formula is C34H40F3N3O3. The van der Waals surface area contributed by atoms with Crippen molar-refractivity contribution in [2.24, 2.45) is 5.41 Å².